The second kappa shape index (κ2) is 13.5. The van der Waals surface area contributed by atoms with Gasteiger partial charge in [-0.05, 0) is 41.8 Å². The maximum Gasteiger partial charge on any atom is 0.295 e. The molecular formula is C33H36N2O6. The minimum atomic E-state index is -0.737. The lowest BCUT2D eigenvalue weighted by Gasteiger charge is -2.31. The maximum atomic E-state index is 13.4. The van der Waals surface area contributed by atoms with Crippen LogP contribution in [0.5, 0.6) is 11.5 Å². The van der Waals surface area contributed by atoms with Crippen LogP contribution in [0.4, 0.5) is 0 Å². The monoisotopic (exact) mass is 556 g/mol. The number of carbonyl (C=O) groups is 2. The van der Waals surface area contributed by atoms with Gasteiger partial charge in [0.15, 0.2) is 0 Å². The molecular weight excluding hydrogens is 520 g/mol. The molecule has 2 aliphatic heterocycles. The number of ketones is 1. The van der Waals surface area contributed by atoms with Crippen molar-refractivity contribution in [2.45, 2.75) is 26.0 Å². The summed E-state index contributed by atoms with van der Waals surface area (Å²) in [6.07, 6.45) is 0.843. The first-order valence-electron chi connectivity index (χ1n) is 14.1. The first-order chi connectivity index (χ1) is 20.0. The van der Waals surface area contributed by atoms with Crippen LogP contribution in [0, 0.1) is 0 Å². The number of rotatable bonds is 11. The van der Waals surface area contributed by atoms with E-state index in [1.54, 1.807) is 29.2 Å². The zero-order valence-corrected chi connectivity index (χ0v) is 23.3. The standard InChI is InChI=1S/C33H36N2O6/c1-2-19-40-28-10-6-9-26(22-28)31(36)29-30(35(33(38)32(29)37)16-15-34-17-20-39-21-18-34)25-11-13-27(14-12-25)41-23-24-7-4-3-5-8-24/h3-14,22,30,36H,2,15-21,23H2,1H3/b31-29+. The first-order valence-corrected chi connectivity index (χ1v) is 14.1. The number of nitrogens with zero attached hydrogens (tertiary/aromatic N) is 2. The summed E-state index contributed by atoms with van der Waals surface area (Å²) in [5, 5.41) is 11.5. The summed E-state index contributed by atoms with van der Waals surface area (Å²) in [4.78, 5) is 30.6. The molecule has 2 saturated heterocycles. The first kappa shape index (κ1) is 28.4. The number of morpholine rings is 1. The second-order valence-electron chi connectivity index (χ2n) is 10.2. The molecule has 0 aromatic heterocycles. The van der Waals surface area contributed by atoms with Crippen LogP contribution in [0.1, 0.15) is 36.1 Å². The highest BCUT2D eigenvalue weighted by molar-refractivity contribution is 6.46. The number of benzene rings is 3. The Kier molecular flexibility index (Phi) is 9.33. The lowest BCUT2D eigenvalue weighted by Crippen LogP contribution is -2.42. The molecule has 214 valence electrons. The molecule has 41 heavy (non-hydrogen) atoms. The average Bonchev–Trinajstić information content (AvgIpc) is 3.28. The smallest absolute Gasteiger partial charge is 0.295 e. The van der Waals surface area contributed by atoms with Gasteiger partial charge in [-0.2, -0.15) is 0 Å². The van der Waals surface area contributed by atoms with E-state index in [2.05, 4.69) is 4.90 Å². The Balaban J connectivity index is 1.45. The molecule has 3 aromatic rings. The van der Waals surface area contributed by atoms with E-state index >= 15 is 0 Å². The molecule has 0 spiro atoms. The van der Waals surface area contributed by atoms with Crippen LogP contribution in [-0.4, -0.2) is 72.6 Å². The largest absolute Gasteiger partial charge is 0.507 e. The van der Waals surface area contributed by atoms with Crippen molar-refractivity contribution in [3.05, 3.63) is 101 Å². The summed E-state index contributed by atoms with van der Waals surface area (Å²) in [7, 11) is 0. The van der Waals surface area contributed by atoms with Crippen LogP contribution >= 0.6 is 0 Å². The van der Waals surface area contributed by atoms with Crippen LogP contribution in [0.2, 0.25) is 0 Å². The van der Waals surface area contributed by atoms with Gasteiger partial charge in [-0.1, -0.05) is 61.5 Å². The SMILES string of the molecule is CCCOc1cccc(/C(O)=C2\C(=O)C(=O)N(CCN3CCOCC3)C2c2ccc(OCc3ccccc3)cc2)c1. The van der Waals surface area contributed by atoms with Crippen molar-refractivity contribution in [2.24, 2.45) is 0 Å². The topological polar surface area (TPSA) is 88.5 Å². The highest BCUT2D eigenvalue weighted by Gasteiger charge is 2.46. The minimum Gasteiger partial charge on any atom is -0.507 e. The average molecular weight is 557 g/mol. The number of carbonyl (C=O) groups excluding carboxylic acids is 2. The number of hydrogen-bond donors (Lipinski definition) is 1. The van der Waals surface area contributed by atoms with Crippen molar-refractivity contribution >= 4 is 17.4 Å². The van der Waals surface area contributed by atoms with Gasteiger partial charge in [-0.15, -0.1) is 0 Å². The number of aliphatic hydroxyl groups is 1. The summed E-state index contributed by atoms with van der Waals surface area (Å²) < 4.78 is 17.1. The second-order valence-corrected chi connectivity index (χ2v) is 10.2. The van der Waals surface area contributed by atoms with Crippen LogP contribution < -0.4 is 9.47 Å². The van der Waals surface area contributed by atoms with E-state index in [4.69, 9.17) is 14.2 Å². The van der Waals surface area contributed by atoms with E-state index in [1.165, 1.54) is 0 Å². The van der Waals surface area contributed by atoms with E-state index < -0.39 is 17.7 Å². The third-order valence-corrected chi connectivity index (χ3v) is 7.33. The minimum absolute atomic E-state index is 0.0718. The van der Waals surface area contributed by atoms with Crippen LogP contribution in [0.25, 0.3) is 5.76 Å². The summed E-state index contributed by atoms with van der Waals surface area (Å²) in [5.74, 6) is -0.266. The molecule has 8 nitrogen and oxygen atoms in total. The highest BCUT2D eigenvalue weighted by Crippen LogP contribution is 2.40. The molecule has 0 aliphatic carbocycles. The van der Waals surface area contributed by atoms with Crippen molar-refractivity contribution in [1.29, 1.82) is 0 Å². The summed E-state index contributed by atoms with van der Waals surface area (Å²) in [5.41, 5.74) is 2.27. The zero-order chi connectivity index (χ0) is 28.6. The van der Waals surface area contributed by atoms with Gasteiger partial charge in [0.05, 0.1) is 31.4 Å². The number of likely N-dealkylation sites (tertiary alicyclic amines) is 1. The van der Waals surface area contributed by atoms with Crippen LogP contribution in [0.3, 0.4) is 0 Å². The number of Topliss-reactive ketones (excluding diaryl/α,β-unsaturated/α-hetero) is 1. The van der Waals surface area contributed by atoms with E-state index in [0.29, 0.717) is 56.6 Å². The lowest BCUT2D eigenvalue weighted by atomic mass is 9.95. The van der Waals surface area contributed by atoms with Crippen molar-refractivity contribution < 1.29 is 28.9 Å². The van der Waals surface area contributed by atoms with Gasteiger partial charge in [-0.3, -0.25) is 14.5 Å². The Labute approximate surface area is 240 Å². The van der Waals surface area contributed by atoms with Crippen LogP contribution in [0.15, 0.2) is 84.4 Å². The molecule has 1 amide bonds. The molecule has 5 rings (SSSR count). The molecule has 0 bridgehead atoms. The molecule has 2 aliphatic rings. The molecule has 1 atom stereocenters. The Morgan fingerprint density at radius 3 is 2.39 bits per heavy atom. The van der Waals surface area contributed by atoms with Crippen molar-refractivity contribution in [3.63, 3.8) is 0 Å². The van der Waals surface area contributed by atoms with Gasteiger partial charge in [0.1, 0.15) is 23.9 Å². The molecule has 2 fully saturated rings. The maximum absolute atomic E-state index is 13.4. The summed E-state index contributed by atoms with van der Waals surface area (Å²) in [6, 6.07) is 23.5. The van der Waals surface area contributed by atoms with Crippen molar-refractivity contribution in [3.8, 4) is 11.5 Å². The number of ether oxygens (including phenoxy) is 3. The third kappa shape index (κ3) is 6.78. The number of hydrogen-bond acceptors (Lipinski definition) is 7. The molecule has 0 radical (unpaired) electrons. The third-order valence-electron chi connectivity index (χ3n) is 7.33. The quantitative estimate of drug-likeness (QED) is 0.206. The molecule has 0 saturated carbocycles. The lowest BCUT2D eigenvalue weighted by molar-refractivity contribution is -0.140. The van der Waals surface area contributed by atoms with Gasteiger partial charge < -0.3 is 24.2 Å². The molecule has 2 heterocycles. The Hall–Kier alpha value is -4.14. The fourth-order valence-electron chi connectivity index (χ4n) is 5.13. The normalized spacial score (nSPS) is 19.0. The van der Waals surface area contributed by atoms with E-state index in [0.717, 1.165) is 30.6 Å². The Bertz CT molecular complexity index is 1370. The summed E-state index contributed by atoms with van der Waals surface area (Å²) >= 11 is 0. The highest BCUT2D eigenvalue weighted by atomic mass is 16.5. The van der Waals surface area contributed by atoms with E-state index in [-0.39, 0.29) is 11.3 Å². The van der Waals surface area contributed by atoms with Gasteiger partial charge in [0.25, 0.3) is 11.7 Å². The molecule has 8 heteroatoms. The van der Waals surface area contributed by atoms with Gasteiger partial charge >= 0.3 is 0 Å². The predicted molar refractivity (Wildman–Crippen MR) is 156 cm³/mol. The summed E-state index contributed by atoms with van der Waals surface area (Å²) in [6.45, 7) is 6.75. The Morgan fingerprint density at radius 1 is 0.902 bits per heavy atom. The predicted octanol–water partition coefficient (Wildman–Crippen LogP) is 4.81. The van der Waals surface area contributed by atoms with Crippen molar-refractivity contribution in [1.82, 2.24) is 9.80 Å². The fourth-order valence-corrected chi connectivity index (χ4v) is 5.13. The van der Waals surface area contributed by atoms with E-state index in [1.807, 2.05) is 61.5 Å². The van der Waals surface area contributed by atoms with Gasteiger partial charge in [-0.25, -0.2) is 0 Å². The van der Waals surface area contributed by atoms with Crippen LogP contribution in [-0.2, 0) is 20.9 Å². The van der Waals surface area contributed by atoms with Gasteiger partial charge in [0, 0.05) is 31.7 Å². The molecule has 1 N–H and O–H groups in total. The van der Waals surface area contributed by atoms with Crippen molar-refractivity contribution in [2.75, 3.05) is 46.0 Å². The Morgan fingerprint density at radius 2 is 1.66 bits per heavy atom. The zero-order valence-electron chi connectivity index (χ0n) is 23.3. The number of aliphatic hydroxyl groups excluding tert-OH is 1. The number of amides is 1. The van der Waals surface area contributed by atoms with Gasteiger partial charge in [0.2, 0.25) is 0 Å². The fraction of sp³-hybridized carbons (Fsp3) is 0.333. The molecule has 3 aromatic carbocycles. The van der Waals surface area contributed by atoms with E-state index in [9.17, 15) is 14.7 Å². The molecule has 1 unspecified atom stereocenters.